The molecule has 1 N–H and O–H groups in total. The van der Waals surface area contributed by atoms with Crippen LogP contribution in [-0.4, -0.2) is 60.1 Å². The number of nitrogens with zero attached hydrogens (tertiary/aromatic N) is 2. The number of carboxylic acid groups (broad SMARTS) is 1. The van der Waals surface area contributed by atoms with Gasteiger partial charge in [0.05, 0.1) is 0 Å². The monoisotopic (exact) mass is 226 g/mol. The van der Waals surface area contributed by atoms with E-state index in [0.717, 1.165) is 39.0 Å². The minimum absolute atomic E-state index is 0.547. The number of carbonyl (C=O) groups is 1. The van der Waals surface area contributed by atoms with Crippen LogP contribution >= 0.6 is 0 Å². The van der Waals surface area contributed by atoms with Gasteiger partial charge in [-0.05, 0) is 26.4 Å². The van der Waals surface area contributed by atoms with Gasteiger partial charge in [0.1, 0.15) is 0 Å². The number of aliphatic carboxylic acids is 1. The maximum Gasteiger partial charge on any atom is 0.328 e. The molecule has 0 radical (unpaired) electrons. The second-order valence-corrected chi connectivity index (χ2v) is 4.41. The van der Waals surface area contributed by atoms with Crippen molar-refractivity contribution in [1.82, 2.24) is 9.80 Å². The Hall–Kier alpha value is -0.870. The van der Waals surface area contributed by atoms with Crippen LogP contribution < -0.4 is 0 Å². The van der Waals surface area contributed by atoms with Gasteiger partial charge in [0, 0.05) is 31.8 Å². The molecule has 16 heavy (non-hydrogen) atoms. The third-order valence-electron chi connectivity index (χ3n) is 3.10. The van der Waals surface area contributed by atoms with E-state index in [0.29, 0.717) is 6.04 Å². The zero-order valence-electron chi connectivity index (χ0n) is 10.2. The summed E-state index contributed by atoms with van der Waals surface area (Å²) in [6, 6.07) is 0.547. The standard InChI is InChI=1S/C12H22N2O2/c1-3-11-10-13(2)7-5-9-14(11)8-4-6-12(15)16/h4,6,11H,3,5,7-10H2,1-2H3,(H,15,16)/b6-4+. The number of hydrogen-bond donors (Lipinski definition) is 1. The van der Waals surface area contributed by atoms with E-state index >= 15 is 0 Å². The largest absolute Gasteiger partial charge is 0.478 e. The summed E-state index contributed by atoms with van der Waals surface area (Å²) in [4.78, 5) is 15.1. The second-order valence-electron chi connectivity index (χ2n) is 4.41. The van der Waals surface area contributed by atoms with Gasteiger partial charge in [-0.1, -0.05) is 13.0 Å². The molecule has 1 unspecified atom stereocenters. The Bertz CT molecular complexity index is 253. The number of rotatable bonds is 4. The number of likely N-dealkylation sites (N-methyl/N-ethyl adjacent to an activating group) is 1. The van der Waals surface area contributed by atoms with Crippen molar-refractivity contribution < 1.29 is 9.90 Å². The first-order chi connectivity index (χ1) is 7.63. The maximum absolute atomic E-state index is 10.4. The van der Waals surface area contributed by atoms with Gasteiger partial charge in [0.25, 0.3) is 0 Å². The molecule has 1 fully saturated rings. The molecule has 0 aliphatic carbocycles. The Morgan fingerprint density at radius 3 is 2.88 bits per heavy atom. The third kappa shape index (κ3) is 4.33. The van der Waals surface area contributed by atoms with Crippen LogP contribution in [0.15, 0.2) is 12.2 Å². The first-order valence-electron chi connectivity index (χ1n) is 5.95. The van der Waals surface area contributed by atoms with Crippen molar-refractivity contribution in [3.8, 4) is 0 Å². The first-order valence-corrected chi connectivity index (χ1v) is 5.95. The molecule has 0 amide bonds. The minimum Gasteiger partial charge on any atom is -0.478 e. The van der Waals surface area contributed by atoms with Crippen LogP contribution in [0, 0.1) is 0 Å². The van der Waals surface area contributed by atoms with Gasteiger partial charge in [-0.3, -0.25) is 4.90 Å². The quantitative estimate of drug-likeness (QED) is 0.728. The van der Waals surface area contributed by atoms with E-state index in [-0.39, 0.29) is 0 Å². The van der Waals surface area contributed by atoms with Crippen LogP contribution in [0.1, 0.15) is 19.8 Å². The molecule has 0 bridgehead atoms. The van der Waals surface area contributed by atoms with Gasteiger partial charge in [-0.25, -0.2) is 4.79 Å². The normalized spacial score (nSPS) is 24.8. The van der Waals surface area contributed by atoms with Crippen molar-refractivity contribution in [3.63, 3.8) is 0 Å². The van der Waals surface area contributed by atoms with Gasteiger partial charge in [0.2, 0.25) is 0 Å². The molecule has 0 aromatic rings. The van der Waals surface area contributed by atoms with E-state index in [9.17, 15) is 4.79 Å². The van der Waals surface area contributed by atoms with Crippen molar-refractivity contribution in [3.05, 3.63) is 12.2 Å². The van der Waals surface area contributed by atoms with Gasteiger partial charge in [-0.15, -0.1) is 0 Å². The lowest BCUT2D eigenvalue weighted by Gasteiger charge is -2.28. The summed E-state index contributed by atoms with van der Waals surface area (Å²) < 4.78 is 0. The van der Waals surface area contributed by atoms with Crippen molar-refractivity contribution in [2.75, 3.05) is 33.2 Å². The zero-order chi connectivity index (χ0) is 12.0. The Balaban J connectivity index is 2.51. The summed E-state index contributed by atoms with van der Waals surface area (Å²) in [6.45, 7) is 6.22. The predicted octanol–water partition coefficient (Wildman–Crippen LogP) is 1.04. The highest BCUT2D eigenvalue weighted by Crippen LogP contribution is 2.11. The van der Waals surface area contributed by atoms with E-state index in [1.54, 1.807) is 6.08 Å². The molecule has 4 nitrogen and oxygen atoms in total. The fourth-order valence-corrected chi connectivity index (χ4v) is 2.21. The van der Waals surface area contributed by atoms with Crippen LogP contribution in [0.2, 0.25) is 0 Å². The summed E-state index contributed by atoms with van der Waals surface area (Å²) >= 11 is 0. The molecule has 4 heteroatoms. The molecular formula is C12H22N2O2. The Morgan fingerprint density at radius 1 is 1.50 bits per heavy atom. The lowest BCUT2D eigenvalue weighted by Crippen LogP contribution is -2.39. The number of hydrogen-bond acceptors (Lipinski definition) is 3. The lowest BCUT2D eigenvalue weighted by atomic mass is 10.2. The maximum atomic E-state index is 10.4. The fourth-order valence-electron chi connectivity index (χ4n) is 2.21. The minimum atomic E-state index is -0.861. The summed E-state index contributed by atoms with van der Waals surface area (Å²) in [5, 5.41) is 8.55. The van der Waals surface area contributed by atoms with Crippen LogP contribution in [0.5, 0.6) is 0 Å². The highest BCUT2D eigenvalue weighted by Gasteiger charge is 2.20. The van der Waals surface area contributed by atoms with Crippen molar-refractivity contribution in [1.29, 1.82) is 0 Å². The molecule has 1 heterocycles. The molecule has 0 aromatic heterocycles. The first kappa shape index (κ1) is 13.2. The Morgan fingerprint density at radius 2 is 2.25 bits per heavy atom. The van der Waals surface area contributed by atoms with Crippen molar-refractivity contribution in [2.24, 2.45) is 0 Å². The average molecular weight is 226 g/mol. The van der Waals surface area contributed by atoms with E-state index in [4.69, 9.17) is 5.11 Å². The highest BCUT2D eigenvalue weighted by atomic mass is 16.4. The van der Waals surface area contributed by atoms with E-state index in [1.165, 1.54) is 6.08 Å². The summed E-state index contributed by atoms with van der Waals surface area (Å²) in [7, 11) is 2.15. The number of carboxylic acids is 1. The fraction of sp³-hybridized carbons (Fsp3) is 0.750. The van der Waals surface area contributed by atoms with E-state index in [1.807, 2.05) is 0 Å². The Kier molecular flexibility index (Phi) is 5.49. The van der Waals surface area contributed by atoms with Crippen LogP contribution in [0.4, 0.5) is 0 Å². The van der Waals surface area contributed by atoms with E-state index < -0.39 is 5.97 Å². The molecule has 1 aliphatic heterocycles. The summed E-state index contributed by atoms with van der Waals surface area (Å²) in [5.41, 5.74) is 0. The van der Waals surface area contributed by atoms with E-state index in [2.05, 4.69) is 23.8 Å². The molecule has 1 rings (SSSR count). The third-order valence-corrected chi connectivity index (χ3v) is 3.10. The molecule has 1 aliphatic rings. The van der Waals surface area contributed by atoms with Gasteiger partial charge < -0.3 is 10.0 Å². The lowest BCUT2D eigenvalue weighted by molar-refractivity contribution is -0.131. The molecule has 0 spiro atoms. The zero-order valence-corrected chi connectivity index (χ0v) is 10.2. The SMILES string of the molecule is CCC1CN(C)CCCN1C/C=C/C(=O)O. The highest BCUT2D eigenvalue weighted by molar-refractivity contribution is 5.79. The van der Waals surface area contributed by atoms with Crippen LogP contribution in [-0.2, 0) is 4.79 Å². The molecular weight excluding hydrogens is 204 g/mol. The molecule has 0 aromatic carbocycles. The van der Waals surface area contributed by atoms with Gasteiger partial charge >= 0.3 is 5.97 Å². The molecule has 0 saturated carbocycles. The molecule has 92 valence electrons. The van der Waals surface area contributed by atoms with Crippen LogP contribution in [0.25, 0.3) is 0 Å². The van der Waals surface area contributed by atoms with Crippen molar-refractivity contribution >= 4 is 5.97 Å². The van der Waals surface area contributed by atoms with Gasteiger partial charge in [0.15, 0.2) is 0 Å². The molecule has 1 saturated heterocycles. The summed E-state index contributed by atoms with van der Waals surface area (Å²) in [5.74, 6) is -0.861. The molecule has 1 atom stereocenters. The average Bonchev–Trinajstić information content (AvgIpc) is 2.40. The smallest absolute Gasteiger partial charge is 0.328 e. The predicted molar refractivity (Wildman–Crippen MR) is 64.5 cm³/mol. The summed E-state index contributed by atoms with van der Waals surface area (Å²) in [6.07, 6.45) is 5.26. The Labute approximate surface area is 97.5 Å². The van der Waals surface area contributed by atoms with Crippen LogP contribution in [0.3, 0.4) is 0 Å². The second kappa shape index (κ2) is 6.66. The topological polar surface area (TPSA) is 43.8 Å². The van der Waals surface area contributed by atoms with Crippen molar-refractivity contribution in [2.45, 2.75) is 25.8 Å². The van der Waals surface area contributed by atoms with Gasteiger partial charge in [-0.2, -0.15) is 0 Å².